The average Bonchev–Trinajstić information content (AvgIpc) is 2.93. The summed E-state index contributed by atoms with van der Waals surface area (Å²) in [5, 5.41) is 0.766. The highest BCUT2D eigenvalue weighted by molar-refractivity contribution is 6.31. The molecule has 0 saturated heterocycles. The lowest BCUT2D eigenvalue weighted by Gasteiger charge is -2.13. The zero-order chi connectivity index (χ0) is 11.1. The second kappa shape index (κ2) is 3.48. The van der Waals surface area contributed by atoms with Crippen LogP contribution in [0, 0.1) is 13.8 Å². The van der Waals surface area contributed by atoms with Crippen LogP contribution in [0.1, 0.15) is 29.5 Å². The fraction of sp³-hybridized carbons (Fsp3) is 0.417. The summed E-state index contributed by atoms with van der Waals surface area (Å²) in [7, 11) is 0. The Bertz CT molecular complexity index is 457. The maximum Gasteiger partial charge on any atom is 0.235 e. The van der Waals surface area contributed by atoms with Gasteiger partial charge < -0.3 is 0 Å². The molecule has 78 valence electrons. The van der Waals surface area contributed by atoms with Crippen LogP contribution in [0.2, 0.25) is 5.02 Å². The molecular weight excluding hydrogens is 210 g/mol. The van der Waals surface area contributed by atoms with Crippen molar-refractivity contribution in [2.45, 2.75) is 32.2 Å². The van der Waals surface area contributed by atoms with E-state index in [0.717, 1.165) is 34.6 Å². The zero-order valence-corrected chi connectivity index (χ0v) is 9.56. The molecule has 1 aliphatic carbocycles. The van der Waals surface area contributed by atoms with Gasteiger partial charge in [-0.15, -0.1) is 0 Å². The Morgan fingerprint density at radius 1 is 1.33 bits per heavy atom. The van der Waals surface area contributed by atoms with Gasteiger partial charge in [-0.3, -0.25) is 0 Å². The smallest absolute Gasteiger partial charge is 0.211 e. The topological polar surface area (TPSA) is 29.4 Å². The number of benzene rings is 1. The third-order valence-electron chi connectivity index (χ3n) is 2.99. The predicted molar refractivity (Wildman–Crippen MR) is 60.0 cm³/mol. The quantitative estimate of drug-likeness (QED) is 0.557. The number of hydrogen-bond donors (Lipinski definition) is 0. The summed E-state index contributed by atoms with van der Waals surface area (Å²) >= 11 is 6.03. The van der Waals surface area contributed by atoms with Gasteiger partial charge in [-0.1, -0.05) is 17.7 Å². The maximum atomic E-state index is 10.4. The van der Waals surface area contributed by atoms with E-state index in [9.17, 15) is 4.79 Å². The number of aryl methyl sites for hydroxylation is 2. The summed E-state index contributed by atoms with van der Waals surface area (Å²) in [6.07, 6.45) is 3.54. The van der Waals surface area contributed by atoms with Gasteiger partial charge in [-0.25, -0.2) is 4.79 Å². The lowest BCUT2D eigenvalue weighted by molar-refractivity contribution is 0.556. The molecule has 0 heterocycles. The van der Waals surface area contributed by atoms with Crippen molar-refractivity contribution in [1.82, 2.24) is 0 Å². The Kier molecular flexibility index (Phi) is 2.41. The second-order valence-electron chi connectivity index (χ2n) is 4.15. The third kappa shape index (κ3) is 1.71. The molecule has 2 nitrogen and oxygen atoms in total. The molecule has 0 amide bonds. The van der Waals surface area contributed by atoms with Gasteiger partial charge in [-0.2, -0.15) is 4.99 Å². The van der Waals surface area contributed by atoms with E-state index in [1.165, 1.54) is 0 Å². The Morgan fingerprint density at radius 3 is 2.53 bits per heavy atom. The molecule has 0 aliphatic heterocycles. The van der Waals surface area contributed by atoms with Gasteiger partial charge in [0.05, 0.1) is 5.54 Å². The van der Waals surface area contributed by atoms with E-state index < -0.39 is 0 Å². The fourth-order valence-corrected chi connectivity index (χ4v) is 2.15. The summed E-state index contributed by atoms with van der Waals surface area (Å²) in [4.78, 5) is 14.3. The first-order chi connectivity index (χ1) is 7.09. The van der Waals surface area contributed by atoms with Crippen LogP contribution in [0.5, 0.6) is 0 Å². The number of aliphatic imine (C=N–C) groups is 1. The molecule has 1 aliphatic rings. The van der Waals surface area contributed by atoms with E-state index in [4.69, 9.17) is 11.6 Å². The number of carbonyl (C=O) groups excluding carboxylic acids is 1. The van der Waals surface area contributed by atoms with Crippen molar-refractivity contribution in [2.75, 3.05) is 0 Å². The molecule has 15 heavy (non-hydrogen) atoms. The molecule has 0 bridgehead atoms. The Hall–Kier alpha value is -1.11. The van der Waals surface area contributed by atoms with Crippen molar-refractivity contribution in [2.24, 2.45) is 4.99 Å². The summed E-state index contributed by atoms with van der Waals surface area (Å²) in [5.74, 6) is 0. The third-order valence-corrected chi connectivity index (χ3v) is 3.40. The summed E-state index contributed by atoms with van der Waals surface area (Å²) < 4.78 is 0. The predicted octanol–water partition coefficient (Wildman–Crippen LogP) is 3.28. The van der Waals surface area contributed by atoms with Crippen LogP contribution < -0.4 is 0 Å². The SMILES string of the molecule is Cc1cc(C2(N=C=O)CC2)c(C)cc1Cl. The molecule has 0 aromatic heterocycles. The van der Waals surface area contributed by atoms with Gasteiger partial charge in [-0.05, 0) is 49.4 Å². The van der Waals surface area contributed by atoms with Crippen LogP contribution in [0.15, 0.2) is 17.1 Å². The first-order valence-corrected chi connectivity index (χ1v) is 5.33. The summed E-state index contributed by atoms with van der Waals surface area (Å²) in [6.45, 7) is 3.97. The normalized spacial score (nSPS) is 17.0. The largest absolute Gasteiger partial charge is 0.235 e. The Labute approximate surface area is 94.0 Å². The molecule has 1 aromatic rings. The zero-order valence-electron chi connectivity index (χ0n) is 8.80. The van der Waals surface area contributed by atoms with Gasteiger partial charge in [0.15, 0.2) is 0 Å². The van der Waals surface area contributed by atoms with E-state index in [2.05, 4.69) is 4.99 Å². The van der Waals surface area contributed by atoms with Crippen molar-refractivity contribution in [1.29, 1.82) is 0 Å². The van der Waals surface area contributed by atoms with Crippen molar-refractivity contribution < 1.29 is 4.79 Å². The Balaban J connectivity index is 2.54. The average molecular weight is 222 g/mol. The number of rotatable bonds is 2. The number of hydrogen-bond acceptors (Lipinski definition) is 2. The minimum absolute atomic E-state index is 0.290. The van der Waals surface area contributed by atoms with Crippen molar-refractivity contribution in [3.05, 3.63) is 33.8 Å². The molecular formula is C12H12ClNO. The minimum atomic E-state index is -0.290. The van der Waals surface area contributed by atoms with Crippen LogP contribution >= 0.6 is 11.6 Å². The molecule has 0 spiro atoms. The standard InChI is InChI=1S/C12H12ClNO/c1-8-6-11(13)9(2)5-10(8)12(3-4-12)14-7-15/h5-6H,3-4H2,1-2H3. The van der Waals surface area contributed by atoms with Crippen LogP contribution in [-0.2, 0) is 10.3 Å². The van der Waals surface area contributed by atoms with Crippen molar-refractivity contribution in [3.8, 4) is 0 Å². The molecule has 1 saturated carbocycles. The lowest BCUT2D eigenvalue weighted by Crippen LogP contribution is -2.05. The lowest BCUT2D eigenvalue weighted by atomic mass is 9.97. The van der Waals surface area contributed by atoms with Gasteiger partial charge >= 0.3 is 0 Å². The van der Waals surface area contributed by atoms with Crippen LogP contribution in [0.25, 0.3) is 0 Å². The van der Waals surface area contributed by atoms with Crippen LogP contribution in [-0.4, -0.2) is 6.08 Å². The fourth-order valence-electron chi connectivity index (χ4n) is 1.93. The summed E-state index contributed by atoms with van der Waals surface area (Å²) in [5.41, 5.74) is 2.96. The number of nitrogens with zero attached hydrogens (tertiary/aromatic N) is 1. The first-order valence-electron chi connectivity index (χ1n) is 4.95. The minimum Gasteiger partial charge on any atom is -0.211 e. The van der Waals surface area contributed by atoms with Gasteiger partial charge in [0.2, 0.25) is 6.08 Å². The summed E-state index contributed by atoms with van der Waals surface area (Å²) in [6, 6.07) is 3.97. The second-order valence-corrected chi connectivity index (χ2v) is 4.56. The van der Waals surface area contributed by atoms with E-state index in [-0.39, 0.29) is 5.54 Å². The molecule has 0 atom stereocenters. The molecule has 0 N–H and O–H groups in total. The molecule has 1 aromatic carbocycles. The van der Waals surface area contributed by atoms with E-state index in [1.807, 2.05) is 26.0 Å². The Morgan fingerprint density at radius 2 is 2.00 bits per heavy atom. The number of isocyanates is 1. The monoisotopic (exact) mass is 221 g/mol. The highest BCUT2D eigenvalue weighted by Gasteiger charge is 2.45. The van der Waals surface area contributed by atoms with E-state index in [0.29, 0.717) is 0 Å². The highest BCUT2D eigenvalue weighted by atomic mass is 35.5. The molecule has 3 heteroatoms. The first kappa shape index (κ1) is 10.4. The van der Waals surface area contributed by atoms with E-state index >= 15 is 0 Å². The van der Waals surface area contributed by atoms with Gasteiger partial charge in [0, 0.05) is 5.02 Å². The van der Waals surface area contributed by atoms with Crippen molar-refractivity contribution in [3.63, 3.8) is 0 Å². The van der Waals surface area contributed by atoms with Gasteiger partial charge in [0.1, 0.15) is 0 Å². The van der Waals surface area contributed by atoms with E-state index in [1.54, 1.807) is 6.08 Å². The number of halogens is 1. The highest BCUT2D eigenvalue weighted by Crippen LogP contribution is 2.50. The molecule has 1 fully saturated rings. The van der Waals surface area contributed by atoms with Gasteiger partial charge in [0.25, 0.3) is 0 Å². The molecule has 0 unspecified atom stereocenters. The van der Waals surface area contributed by atoms with Crippen LogP contribution in [0.3, 0.4) is 0 Å². The van der Waals surface area contributed by atoms with Crippen LogP contribution in [0.4, 0.5) is 0 Å². The van der Waals surface area contributed by atoms with Crippen molar-refractivity contribution >= 4 is 17.7 Å². The molecule has 2 rings (SSSR count). The molecule has 0 radical (unpaired) electrons. The maximum absolute atomic E-state index is 10.4.